The number of aliphatic imine (C=N–C) groups is 1. The Hall–Kier alpha value is -2.10. The number of nitrogens with one attached hydrogen (secondary N) is 3. The fraction of sp³-hybridized carbons (Fsp3) is 0.522. The molecule has 170 valence electrons. The summed E-state index contributed by atoms with van der Waals surface area (Å²) in [7, 11) is 0. The van der Waals surface area contributed by atoms with Gasteiger partial charge >= 0.3 is 0 Å². The van der Waals surface area contributed by atoms with Crippen LogP contribution >= 0.6 is 24.0 Å². The third-order valence-corrected chi connectivity index (χ3v) is 5.29. The predicted molar refractivity (Wildman–Crippen MR) is 134 cm³/mol. The van der Waals surface area contributed by atoms with Crippen molar-refractivity contribution in [2.45, 2.75) is 52.5 Å². The lowest BCUT2D eigenvalue weighted by atomic mass is 9.89. The smallest absolute Gasteiger partial charge is 0.226 e. The molecule has 1 saturated carbocycles. The van der Waals surface area contributed by atoms with E-state index in [1.54, 1.807) is 6.26 Å². The van der Waals surface area contributed by atoms with E-state index in [0.29, 0.717) is 31.5 Å². The van der Waals surface area contributed by atoms with Crippen molar-refractivity contribution in [1.82, 2.24) is 20.9 Å². The molecule has 0 saturated heterocycles. The van der Waals surface area contributed by atoms with Crippen molar-refractivity contribution in [2.24, 2.45) is 10.9 Å². The van der Waals surface area contributed by atoms with Gasteiger partial charge in [0, 0.05) is 31.1 Å². The number of hydrogen-bond donors (Lipinski definition) is 3. The Morgan fingerprint density at radius 3 is 2.52 bits per heavy atom. The number of carbonyl (C=O) groups is 1. The third kappa shape index (κ3) is 8.16. The number of carbonyl (C=O) groups excluding carboxylic acids is 1. The molecule has 0 aliphatic heterocycles. The highest BCUT2D eigenvalue weighted by atomic mass is 127. The number of hydrogen-bond acceptors (Lipinski definition) is 4. The highest BCUT2D eigenvalue weighted by Gasteiger charge is 2.20. The molecule has 1 heterocycles. The lowest BCUT2D eigenvalue weighted by molar-refractivity contribution is -0.125. The molecule has 3 rings (SSSR count). The lowest BCUT2D eigenvalue weighted by Gasteiger charge is -2.20. The van der Waals surface area contributed by atoms with Gasteiger partial charge in [-0.25, -0.2) is 9.98 Å². The van der Waals surface area contributed by atoms with Crippen molar-refractivity contribution in [2.75, 3.05) is 19.6 Å². The standard InChI is InChI=1S/C23H33N5O2.HI/c1-3-24-23(26-14-13-25-21(29)18-7-5-4-6-8-18)27-15-20-16-30-22(28-20)19-11-9-17(2)10-12-19;/h9-12,16,18H,3-8,13-15H2,1-2H3,(H,25,29)(H2,24,26,27);1H. The second-order valence-electron chi connectivity index (χ2n) is 7.76. The van der Waals surface area contributed by atoms with Gasteiger partial charge in [-0.05, 0) is 38.8 Å². The van der Waals surface area contributed by atoms with Crippen LogP contribution in [0.4, 0.5) is 0 Å². The molecule has 31 heavy (non-hydrogen) atoms. The Morgan fingerprint density at radius 1 is 1.10 bits per heavy atom. The SMILES string of the molecule is CCNC(=NCc1coc(-c2ccc(C)cc2)n1)NCCNC(=O)C1CCCCC1.I. The highest BCUT2D eigenvalue weighted by molar-refractivity contribution is 14.0. The van der Waals surface area contributed by atoms with Crippen LogP contribution in [0.2, 0.25) is 0 Å². The van der Waals surface area contributed by atoms with Gasteiger partial charge in [-0.3, -0.25) is 4.79 Å². The molecule has 1 aromatic heterocycles. The van der Waals surface area contributed by atoms with Crippen LogP contribution in [-0.4, -0.2) is 36.5 Å². The van der Waals surface area contributed by atoms with Crippen LogP contribution in [0.15, 0.2) is 39.9 Å². The second-order valence-corrected chi connectivity index (χ2v) is 7.76. The molecule has 0 bridgehead atoms. The molecular formula is C23H34IN5O2. The summed E-state index contributed by atoms with van der Waals surface area (Å²) in [4.78, 5) is 21.3. The number of oxazole rings is 1. The number of benzene rings is 1. The number of guanidine groups is 1. The van der Waals surface area contributed by atoms with E-state index >= 15 is 0 Å². The Labute approximate surface area is 201 Å². The minimum absolute atomic E-state index is 0. The largest absolute Gasteiger partial charge is 0.444 e. The fourth-order valence-corrected chi connectivity index (χ4v) is 3.59. The zero-order valence-corrected chi connectivity index (χ0v) is 20.8. The molecular weight excluding hydrogens is 505 g/mol. The third-order valence-electron chi connectivity index (χ3n) is 5.29. The average molecular weight is 539 g/mol. The van der Waals surface area contributed by atoms with Gasteiger partial charge in [-0.15, -0.1) is 24.0 Å². The quantitative estimate of drug-likeness (QED) is 0.204. The summed E-state index contributed by atoms with van der Waals surface area (Å²) in [6, 6.07) is 8.08. The second kappa shape index (κ2) is 13.3. The summed E-state index contributed by atoms with van der Waals surface area (Å²) in [6.45, 7) is 6.45. The van der Waals surface area contributed by atoms with Gasteiger partial charge in [-0.2, -0.15) is 0 Å². The number of rotatable bonds is 8. The van der Waals surface area contributed by atoms with E-state index in [0.717, 1.165) is 30.6 Å². The first-order valence-corrected chi connectivity index (χ1v) is 11.0. The summed E-state index contributed by atoms with van der Waals surface area (Å²) >= 11 is 0. The van der Waals surface area contributed by atoms with Crippen LogP contribution in [0.5, 0.6) is 0 Å². The molecule has 1 aliphatic carbocycles. The highest BCUT2D eigenvalue weighted by Crippen LogP contribution is 2.23. The van der Waals surface area contributed by atoms with Crippen molar-refractivity contribution < 1.29 is 9.21 Å². The Kier molecular flexibility index (Phi) is 10.8. The normalized spacial score (nSPS) is 14.6. The molecule has 7 nitrogen and oxygen atoms in total. The van der Waals surface area contributed by atoms with Crippen LogP contribution in [0.1, 0.15) is 50.3 Å². The van der Waals surface area contributed by atoms with Gasteiger partial charge in [0.1, 0.15) is 12.0 Å². The maximum Gasteiger partial charge on any atom is 0.226 e. The van der Waals surface area contributed by atoms with Crippen LogP contribution in [0.3, 0.4) is 0 Å². The molecule has 3 N–H and O–H groups in total. The summed E-state index contributed by atoms with van der Waals surface area (Å²) in [5.41, 5.74) is 2.93. The van der Waals surface area contributed by atoms with E-state index in [1.165, 1.54) is 24.8 Å². The molecule has 8 heteroatoms. The zero-order valence-electron chi connectivity index (χ0n) is 18.4. The molecule has 1 aliphatic rings. The Morgan fingerprint density at radius 2 is 1.81 bits per heavy atom. The molecule has 1 aromatic carbocycles. The Bertz CT molecular complexity index is 829. The zero-order chi connectivity index (χ0) is 21.2. The maximum absolute atomic E-state index is 12.2. The van der Waals surface area contributed by atoms with Crippen molar-refractivity contribution in [3.8, 4) is 11.5 Å². The van der Waals surface area contributed by atoms with Gasteiger partial charge in [0.15, 0.2) is 5.96 Å². The van der Waals surface area contributed by atoms with E-state index in [2.05, 4.69) is 32.9 Å². The maximum atomic E-state index is 12.2. The Balaban J connectivity index is 0.00000341. The number of aromatic nitrogens is 1. The van der Waals surface area contributed by atoms with E-state index in [4.69, 9.17) is 4.42 Å². The van der Waals surface area contributed by atoms with E-state index in [-0.39, 0.29) is 35.8 Å². The number of halogens is 1. The van der Waals surface area contributed by atoms with Gasteiger partial charge in [-0.1, -0.05) is 37.0 Å². The molecule has 1 fully saturated rings. The summed E-state index contributed by atoms with van der Waals surface area (Å²) in [5, 5.41) is 9.51. The van der Waals surface area contributed by atoms with Gasteiger partial charge < -0.3 is 20.4 Å². The van der Waals surface area contributed by atoms with Crippen LogP contribution in [0, 0.1) is 12.8 Å². The van der Waals surface area contributed by atoms with E-state index < -0.39 is 0 Å². The summed E-state index contributed by atoms with van der Waals surface area (Å²) < 4.78 is 5.60. The van der Waals surface area contributed by atoms with Crippen molar-refractivity contribution >= 4 is 35.8 Å². The van der Waals surface area contributed by atoms with Crippen molar-refractivity contribution in [3.63, 3.8) is 0 Å². The minimum atomic E-state index is 0. The molecule has 0 unspecified atom stereocenters. The first-order chi connectivity index (χ1) is 14.7. The first-order valence-electron chi connectivity index (χ1n) is 11.0. The molecule has 0 radical (unpaired) electrons. The van der Waals surface area contributed by atoms with Crippen molar-refractivity contribution in [1.29, 1.82) is 0 Å². The predicted octanol–water partition coefficient (Wildman–Crippen LogP) is 4.02. The van der Waals surface area contributed by atoms with Crippen LogP contribution < -0.4 is 16.0 Å². The molecule has 2 aromatic rings. The van der Waals surface area contributed by atoms with E-state index in [1.807, 2.05) is 31.2 Å². The minimum Gasteiger partial charge on any atom is -0.444 e. The lowest BCUT2D eigenvalue weighted by Crippen LogP contribution is -2.42. The van der Waals surface area contributed by atoms with Gasteiger partial charge in [0.2, 0.25) is 11.8 Å². The monoisotopic (exact) mass is 539 g/mol. The number of aryl methyl sites for hydroxylation is 1. The summed E-state index contributed by atoms with van der Waals surface area (Å²) in [6.07, 6.45) is 7.28. The van der Waals surface area contributed by atoms with Crippen molar-refractivity contribution in [3.05, 3.63) is 41.8 Å². The topological polar surface area (TPSA) is 91.6 Å². The molecule has 0 atom stereocenters. The average Bonchev–Trinajstić information content (AvgIpc) is 3.25. The van der Waals surface area contributed by atoms with Gasteiger partial charge in [0.25, 0.3) is 0 Å². The molecule has 0 spiro atoms. The summed E-state index contributed by atoms with van der Waals surface area (Å²) in [5.74, 6) is 1.67. The first kappa shape index (κ1) is 25.2. The van der Waals surface area contributed by atoms with E-state index in [9.17, 15) is 4.79 Å². The van der Waals surface area contributed by atoms with Gasteiger partial charge in [0.05, 0.1) is 6.54 Å². The van der Waals surface area contributed by atoms with Crippen LogP contribution in [-0.2, 0) is 11.3 Å². The number of nitrogens with zero attached hydrogens (tertiary/aromatic N) is 2. The number of amides is 1. The molecule has 1 amide bonds. The fourth-order valence-electron chi connectivity index (χ4n) is 3.59. The van der Waals surface area contributed by atoms with Crippen LogP contribution in [0.25, 0.3) is 11.5 Å².